The Morgan fingerprint density at radius 3 is 2.82 bits per heavy atom. The lowest BCUT2D eigenvalue weighted by molar-refractivity contribution is 0.320. The number of hydrogen-bond donors (Lipinski definition) is 2. The van der Waals surface area contributed by atoms with Gasteiger partial charge >= 0.3 is 0 Å². The van der Waals surface area contributed by atoms with Gasteiger partial charge in [-0.15, -0.1) is 24.0 Å². The summed E-state index contributed by atoms with van der Waals surface area (Å²) in [6.45, 7) is 1.97. The van der Waals surface area contributed by atoms with Crippen molar-refractivity contribution in [3.63, 3.8) is 0 Å². The average molecular weight is 416 g/mol. The highest BCUT2D eigenvalue weighted by molar-refractivity contribution is 14.0. The monoisotopic (exact) mass is 416 g/mol. The van der Waals surface area contributed by atoms with Gasteiger partial charge in [-0.05, 0) is 24.3 Å². The van der Waals surface area contributed by atoms with Crippen LogP contribution in [0.25, 0.3) is 0 Å². The molecule has 0 aliphatic rings. The molecule has 0 spiro atoms. The number of nitrogens with one attached hydrogen (secondary N) is 2. The minimum Gasteiger partial charge on any atom is -0.490 e. The fourth-order valence-corrected chi connectivity index (χ4v) is 1.75. The zero-order valence-corrected chi connectivity index (χ0v) is 14.8. The van der Waals surface area contributed by atoms with Crippen LogP contribution in [0.2, 0.25) is 0 Å². The highest BCUT2D eigenvalue weighted by atomic mass is 127. The van der Waals surface area contributed by atoms with Crippen molar-refractivity contribution in [2.45, 2.75) is 6.42 Å². The van der Waals surface area contributed by atoms with Crippen molar-refractivity contribution in [1.29, 1.82) is 0 Å². The number of ether oxygens (including phenoxy) is 1. The molecule has 22 heavy (non-hydrogen) atoms. The van der Waals surface area contributed by atoms with Crippen LogP contribution in [-0.2, 0) is 6.42 Å². The maximum absolute atomic E-state index is 5.54. The van der Waals surface area contributed by atoms with E-state index in [4.69, 9.17) is 9.15 Å². The second kappa shape index (κ2) is 10.9. The van der Waals surface area contributed by atoms with Gasteiger partial charge in [0, 0.05) is 26.2 Å². The molecule has 2 heterocycles. The Balaban J connectivity index is 0.00000242. The highest BCUT2D eigenvalue weighted by Gasteiger charge is 1.99. The lowest BCUT2D eigenvalue weighted by atomic mass is 10.3. The molecule has 0 bridgehead atoms. The van der Waals surface area contributed by atoms with Crippen LogP contribution in [0, 0.1) is 0 Å². The third-order valence-corrected chi connectivity index (χ3v) is 2.77. The van der Waals surface area contributed by atoms with Crippen molar-refractivity contribution in [2.75, 3.05) is 26.7 Å². The molecule has 0 aliphatic carbocycles. The summed E-state index contributed by atoms with van der Waals surface area (Å²) in [6, 6.07) is 7.57. The molecule has 0 fully saturated rings. The topological polar surface area (TPSA) is 71.7 Å². The molecule has 2 rings (SSSR count). The molecule has 0 aliphatic heterocycles. The van der Waals surface area contributed by atoms with Crippen molar-refractivity contribution < 1.29 is 9.15 Å². The first-order valence-corrected chi connectivity index (χ1v) is 6.88. The molecule has 0 saturated heterocycles. The van der Waals surface area contributed by atoms with Gasteiger partial charge < -0.3 is 19.8 Å². The van der Waals surface area contributed by atoms with E-state index in [9.17, 15) is 0 Å². The summed E-state index contributed by atoms with van der Waals surface area (Å²) in [5.74, 6) is 2.47. The summed E-state index contributed by atoms with van der Waals surface area (Å²) in [5.41, 5.74) is 0. The molecule has 7 heteroatoms. The summed E-state index contributed by atoms with van der Waals surface area (Å²) in [6.07, 6.45) is 5.91. The Bertz CT molecular complexity index is 532. The van der Waals surface area contributed by atoms with Gasteiger partial charge in [-0.2, -0.15) is 0 Å². The highest BCUT2D eigenvalue weighted by Crippen LogP contribution is 2.04. The Morgan fingerprint density at radius 2 is 2.14 bits per heavy atom. The van der Waals surface area contributed by atoms with Gasteiger partial charge in [0.15, 0.2) is 5.96 Å². The maximum atomic E-state index is 5.54. The van der Waals surface area contributed by atoms with Crippen LogP contribution in [0.4, 0.5) is 0 Å². The first-order chi connectivity index (χ1) is 10.4. The number of guanidine groups is 1. The smallest absolute Gasteiger partial charge is 0.191 e. The van der Waals surface area contributed by atoms with E-state index in [1.165, 1.54) is 0 Å². The third-order valence-electron chi connectivity index (χ3n) is 2.77. The zero-order valence-electron chi connectivity index (χ0n) is 12.5. The quantitative estimate of drug-likeness (QED) is 0.313. The van der Waals surface area contributed by atoms with Crippen molar-refractivity contribution in [3.8, 4) is 5.75 Å². The predicted molar refractivity (Wildman–Crippen MR) is 96.9 cm³/mol. The minimum atomic E-state index is 0. The second-order valence-electron chi connectivity index (χ2n) is 4.29. The molecule has 6 nitrogen and oxygen atoms in total. The van der Waals surface area contributed by atoms with E-state index in [2.05, 4.69) is 20.6 Å². The second-order valence-corrected chi connectivity index (χ2v) is 4.29. The standard InChI is InChI=1S/C15H20N4O2.HI/c1-16-15(18-8-6-13-5-3-10-20-13)19-9-11-21-14-4-2-7-17-12-14;/h2-5,7,10,12H,6,8-9,11H2,1H3,(H2,16,18,19);1H. The Labute approximate surface area is 147 Å². The van der Waals surface area contributed by atoms with Gasteiger partial charge in [-0.25, -0.2) is 0 Å². The zero-order chi connectivity index (χ0) is 14.8. The molecular formula is C15H21IN4O2. The van der Waals surface area contributed by atoms with Crippen molar-refractivity contribution in [3.05, 3.63) is 48.7 Å². The average Bonchev–Trinajstić information content (AvgIpc) is 3.04. The molecule has 120 valence electrons. The van der Waals surface area contributed by atoms with E-state index in [0.29, 0.717) is 13.2 Å². The van der Waals surface area contributed by atoms with Crippen LogP contribution in [0.3, 0.4) is 0 Å². The van der Waals surface area contributed by atoms with Gasteiger partial charge in [-0.1, -0.05) is 0 Å². The number of halogens is 1. The van der Waals surface area contributed by atoms with Crippen LogP contribution in [0.1, 0.15) is 5.76 Å². The summed E-state index contributed by atoms with van der Waals surface area (Å²) < 4.78 is 10.8. The van der Waals surface area contributed by atoms with Gasteiger partial charge in [0.05, 0.1) is 19.0 Å². The van der Waals surface area contributed by atoms with E-state index in [0.717, 1.165) is 30.4 Å². The number of aromatic nitrogens is 1. The number of nitrogens with zero attached hydrogens (tertiary/aromatic N) is 2. The summed E-state index contributed by atoms with van der Waals surface area (Å²) in [7, 11) is 1.74. The molecule has 0 atom stereocenters. The summed E-state index contributed by atoms with van der Waals surface area (Å²) in [4.78, 5) is 8.14. The minimum absolute atomic E-state index is 0. The fourth-order valence-electron chi connectivity index (χ4n) is 1.75. The van der Waals surface area contributed by atoms with Crippen LogP contribution < -0.4 is 15.4 Å². The SMILES string of the molecule is CN=C(NCCOc1cccnc1)NCCc1ccco1.I. The summed E-state index contributed by atoms with van der Waals surface area (Å²) in [5, 5.41) is 6.40. The van der Waals surface area contributed by atoms with E-state index in [-0.39, 0.29) is 24.0 Å². The molecule has 2 aromatic heterocycles. The van der Waals surface area contributed by atoms with Crippen LogP contribution >= 0.6 is 24.0 Å². The molecular weight excluding hydrogens is 395 g/mol. The predicted octanol–water partition coefficient (Wildman–Crippen LogP) is 2.08. The van der Waals surface area contributed by atoms with E-state index < -0.39 is 0 Å². The molecule has 0 aromatic carbocycles. The molecule has 0 radical (unpaired) electrons. The normalized spacial score (nSPS) is 10.7. The van der Waals surface area contributed by atoms with Gasteiger partial charge in [0.25, 0.3) is 0 Å². The van der Waals surface area contributed by atoms with E-state index in [1.807, 2.05) is 24.3 Å². The summed E-state index contributed by atoms with van der Waals surface area (Å²) >= 11 is 0. The van der Waals surface area contributed by atoms with E-state index >= 15 is 0 Å². The number of rotatable bonds is 7. The van der Waals surface area contributed by atoms with Crippen LogP contribution in [0.15, 0.2) is 52.3 Å². The van der Waals surface area contributed by atoms with Crippen molar-refractivity contribution >= 4 is 29.9 Å². The van der Waals surface area contributed by atoms with Crippen LogP contribution in [0.5, 0.6) is 5.75 Å². The number of furan rings is 1. The lowest BCUT2D eigenvalue weighted by Gasteiger charge is -2.11. The van der Waals surface area contributed by atoms with Gasteiger partial charge in [0.1, 0.15) is 18.1 Å². The van der Waals surface area contributed by atoms with E-state index in [1.54, 1.807) is 25.7 Å². The molecule has 0 unspecified atom stereocenters. The molecule has 0 amide bonds. The number of hydrogen-bond acceptors (Lipinski definition) is 4. The lowest BCUT2D eigenvalue weighted by Crippen LogP contribution is -2.40. The molecule has 2 aromatic rings. The maximum Gasteiger partial charge on any atom is 0.191 e. The van der Waals surface area contributed by atoms with Gasteiger partial charge in [-0.3, -0.25) is 9.98 Å². The first-order valence-electron chi connectivity index (χ1n) is 6.88. The van der Waals surface area contributed by atoms with Gasteiger partial charge in [0.2, 0.25) is 0 Å². The van der Waals surface area contributed by atoms with Crippen molar-refractivity contribution in [2.24, 2.45) is 4.99 Å². The van der Waals surface area contributed by atoms with Crippen molar-refractivity contribution in [1.82, 2.24) is 15.6 Å². The fraction of sp³-hybridized carbons (Fsp3) is 0.333. The van der Waals surface area contributed by atoms with Crippen LogP contribution in [-0.4, -0.2) is 37.7 Å². The Kier molecular flexibility index (Phi) is 9.04. The molecule has 2 N–H and O–H groups in total. The third kappa shape index (κ3) is 6.79. The Hall–Kier alpha value is -1.77. The number of pyridine rings is 1. The first kappa shape index (κ1) is 18.3. The number of aliphatic imine (C=N–C) groups is 1. The largest absolute Gasteiger partial charge is 0.490 e. The Morgan fingerprint density at radius 1 is 1.27 bits per heavy atom. The molecule has 0 saturated carbocycles.